The van der Waals surface area contributed by atoms with E-state index in [9.17, 15) is 0 Å². The average Bonchev–Trinajstić information content (AvgIpc) is 2.17. The van der Waals surface area contributed by atoms with E-state index in [1.54, 1.807) is 7.11 Å². The van der Waals surface area contributed by atoms with E-state index >= 15 is 0 Å². The number of hydrogen-bond donors (Lipinski definition) is 0. The number of hydrogen-bond acceptors (Lipinski definition) is 2. The molecule has 0 fully saturated rings. The van der Waals surface area contributed by atoms with Crippen LogP contribution < -0.4 is 4.74 Å². The summed E-state index contributed by atoms with van der Waals surface area (Å²) in [6.45, 7) is 2.26. The molecule has 0 spiro atoms. The van der Waals surface area contributed by atoms with Gasteiger partial charge in [0.25, 0.3) is 0 Å². The molecule has 1 rings (SSSR count). The Labute approximate surface area is 85.9 Å². The highest BCUT2D eigenvalue weighted by molar-refractivity contribution is 6.19. The first kappa shape index (κ1) is 10.9. The predicted octanol–water partition coefficient (Wildman–Crippen LogP) is 2.12. The second kappa shape index (κ2) is 5.50. The first-order valence-electron chi connectivity index (χ1n) is 4.38. The summed E-state index contributed by atoms with van der Waals surface area (Å²) >= 11 is 0. The molecule has 0 bridgehead atoms. The highest BCUT2D eigenvalue weighted by Gasteiger charge is 1.98. The lowest BCUT2D eigenvalue weighted by atomic mass is 10.1. The van der Waals surface area contributed by atoms with Crippen LogP contribution in [-0.4, -0.2) is 21.7 Å². The Morgan fingerprint density at radius 2 is 2.21 bits per heavy atom. The van der Waals surface area contributed by atoms with E-state index in [-0.39, 0.29) is 6.79 Å². The van der Waals surface area contributed by atoms with Gasteiger partial charge in [-0.3, -0.25) is 0 Å². The van der Waals surface area contributed by atoms with Gasteiger partial charge in [0.1, 0.15) is 13.6 Å². The second-order valence-electron chi connectivity index (χ2n) is 2.93. The summed E-state index contributed by atoms with van der Waals surface area (Å²) in [5.41, 5.74) is 2.13. The van der Waals surface area contributed by atoms with Crippen molar-refractivity contribution < 1.29 is 9.47 Å². The van der Waals surface area contributed by atoms with Crippen molar-refractivity contribution in [1.29, 1.82) is 0 Å². The SMILES string of the molecule is [B]/C=C/c1ccc(OCOC)c(C)c1. The highest BCUT2D eigenvalue weighted by atomic mass is 16.7. The van der Waals surface area contributed by atoms with Crippen molar-refractivity contribution in [2.24, 2.45) is 0 Å². The van der Waals surface area contributed by atoms with Crippen LogP contribution in [0.2, 0.25) is 0 Å². The van der Waals surface area contributed by atoms with Gasteiger partial charge < -0.3 is 9.47 Å². The largest absolute Gasteiger partial charge is 0.467 e. The van der Waals surface area contributed by atoms with Gasteiger partial charge in [0.05, 0.1) is 0 Å². The molecule has 3 heteroatoms. The number of ether oxygens (including phenoxy) is 2. The maximum atomic E-state index is 5.34. The van der Waals surface area contributed by atoms with Gasteiger partial charge in [0.15, 0.2) is 6.79 Å². The Morgan fingerprint density at radius 1 is 1.43 bits per heavy atom. The highest BCUT2D eigenvalue weighted by Crippen LogP contribution is 2.19. The zero-order chi connectivity index (χ0) is 10.4. The van der Waals surface area contributed by atoms with Crippen LogP contribution in [-0.2, 0) is 4.74 Å². The van der Waals surface area contributed by atoms with E-state index in [1.807, 2.05) is 31.2 Å². The van der Waals surface area contributed by atoms with Gasteiger partial charge in [-0.15, -0.1) is 5.98 Å². The lowest BCUT2D eigenvalue weighted by Crippen LogP contribution is -2.00. The van der Waals surface area contributed by atoms with Crippen molar-refractivity contribution in [2.45, 2.75) is 6.92 Å². The third kappa shape index (κ3) is 2.93. The van der Waals surface area contributed by atoms with Gasteiger partial charge in [-0.25, -0.2) is 0 Å². The molecule has 72 valence electrons. The van der Waals surface area contributed by atoms with E-state index in [4.69, 9.17) is 17.3 Å². The van der Waals surface area contributed by atoms with Crippen LogP contribution in [0.5, 0.6) is 5.75 Å². The van der Waals surface area contributed by atoms with Crippen molar-refractivity contribution in [1.82, 2.24) is 0 Å². The third-order valence-electron chi connectivity index (χ3n) is 1.82. The van der Waals surface area contributed by atoms with Crippen molar-refractivity contribution in [3.63, 3.8) is 0 Å². The molecule has 14 heavy (non-hydrogen) atoms. The fourth-order valence-corrected chi connectivity index (χ4v) is 1.17. The van der Waals surface area contributed by atoms with E-state index in [1.165, 1.54) is 5.98 Å². The van der Waals surface area contributed by atoms with Crippen LogP contribution in [0.4, 0.5) is 0 Å². The van der Waals surface area contributed by atoms with E-state index in [0.717, 1.165) is 16.9 Å². The molecule has 1 aromatic rings. The summed E-state index contributed by atoms with van der Waals surface area (Å²) in [7, 11) is 6.90. The molecule has 0 unspecified atom stereocenters. The van der Waals surface area contributed by atoms with Crippen molar-refractivity contribution in [3.8, 4) is 5.75 Å². The molecule has 0 aromatic heterocycles. The summed E-state index contributed by atoms with van der Waals surface area (Å²) in [6, 6.07) is 5.86. The van der Waals surface area contributed by atoms with Gasteiger partial charge in [-0.05, 0) is 30.2 Å². The standard InChI is InChI=1S/C11H13BO2/c1-9-7-10(5-6-12)3-4-11(9)14-8-13-2/h3-7H,8H2,1-2H3/b6-5+. The van der Waals surface area contributed by atoms with Crippen molar-refractivity contribution in [2.75, 3.05) is 13.9 Å². The number of rotatable bonds is 4. The van der Waals surface area contributed by atoms with Gasteiger partial charge >= 0.3 is 0 Å². The molecule has 0 heterocycles. The third-order valence-corrected chi connectivity index (χ3v) is 1.82. The topological polar surface area (TPSA) is 18.5 Å². The summed E-state index contributed by atoms with van der Waals surface area (Å²) in [5.74, 6) is 2.35. The Kier molecular flexibility index (Phi) is 4.27. The Morgan fingerprint density at radius 3 is 2.79 bits per heavy atom. The first-order valence-corrected chi connectivity index (χ1v) is 4.38. The summed E-state index contributed by atoms with van der Waals surface area (Å²) in [5, 5.41) is 0. The quantitative estimate of drug-likeness (QED) is 0.532. The maximum Gasteiger partial charge on any atom is 0.188 e. The van der Waals surface area contributed by atoms with Crippen LogP contribution in [0.25, 0.3) is 6.08 Å². The molecule has 0 amide bonds. The lowest BCUT2D eigenvalue weighted by molar-refractivity contribution is 0.0506. The van der Waals surface area contributed by atoms with Crippen LogP contribution in [0.15, 0.2) is 24.2 Å². The molecular weight excluding hydrogens is 175 g/mol. The molecule has 1 aromatic carbocycles. The minimum Gasteiger partial charge on any atom is -0.467 e. The molecule has 0 aliphatic heterocycles. The molecular formula is C11H13BO2. The van der Waals surface area contributed by atoms with Gasteiger partial charge in [-0.1, -0.05) is 12.1 Å². The Hall–Kier alpha value is -1.22. The van der Waals surface area contributed by atoms with Gasteiger partial charge in [0.2, 0.25) is 0 Å². The number of aryl methyl sites for hydroxylation is 1. The fraction of sp³-hybridized carbons (Fsp3) is 0.273. The molecule has 0 aliphatic carbocycles. The Balaban J connectivity index is 2.79. The molecule has 0 saturated heterocycles. The molecule has 0 aliphatic rings. The van der Waals surface area contributed by atoms with E-state index < -0.39 is 0 Å². The predicted molar refractivity (Wildman–Crippen MR) is 58.5 cm³/mol. The lowest BCUT2D eigenvalue weighted by Gasteiger charge is -2.08. The van der Waals surface area contributed by atoms with E-state index in [0.29, 0.717) is 0 Å². The normalized spacial score (nSPS) is 10.7. The maximum absolute atomic E-state index is 5.34. The number of benzene rings is 1. The molecule has 0 N–H and O–H groups in total. The minimum atomic E-state index is 0.271. The minimum absolute atomic E-state index is 0.271. The smallest absolute Gasteiger partial charge is 0.188 e. The van der Waals surface area contributed by atoms with Crippen LogP contribution in [0.1, 0.15) is 11.1 Å². The van der Waals surface area contributed by atoms with Crippen LogP contribution >= 0.6 is 0 Å². The van der Waals surface area contributed by atoms with Gasteiger partial charge in [-0.2, -0.15) is 0 Å². The van der Waals surface area contributed by atoms with Gasteiger partial charge in [0, 0.05) is 7.11 Å². The molecule has 0 atom stereocenters. The Bertz CT molecular complexity index is 321. The fourth-order valence-electron chi connectivity index (χ4n) is 1.17. The number of methoxy groups -OCH3 is 1. The monoisotopic (exact) mass is 188 g/mol. The van der Waals surface area contributed by atoms with Crippen LogP contribution in [0.3, 0.4) is 0 Å². The molecule has 2 radical (unpaired) electrons. The second-order valence-corrected chi connectivity index (χ2v) is 2.93. The first-order chi connectivity index (χ1) is 6.77. The van der Waals surface area contributed by atoms with Crippen LogP contribution in [0, 0.1) is 6.92 Å². The summed E-state index contributed by atoms with van der Waals surface area (Å²) in [4.78, 5) is 0. The summed E-state index contributed by atoms with van der Waals surface area (Å²) in [6.07, 6.45) is 1.84. The van der Waals surface area contributed by atoms with Crippen molar-refractivity contribution >= 4 is 13.9 Å². The van der Waals surface area contributed by atoms with Crippen molar-refractivity contribution in [3.05, 3.63) is 35.3 Å². The molecule has 0 saturated carbocycles. The summed E-state index contributed by atoms with van der Waals surface area (Å²) < 4.78 is 10.2. The zero-order valence-electron chi connectivity index (χ0n) is 8.49. The zero-order valence-corrected chi connectivity index (χ0v) is 8.49. The van der Waals surface area contributed by atoms with E-state index in [2.05, 4.69) is 0 Å². The molecule has 2 nitrogen and oxygen atoms in total. The average molecular weight is 188 g/mol.